The van der Waals surface area contributed by atoms with Gasteiger partial charge in [0.2, 0.25) is 5.91 Å². The molecule has 5 nitrogen and oxygen atoms in total. The number of unbranched alkanes of at least 4 members (excludes halogenated alkanes) is 1. The van der Waals surface area contributed by atoms with Gasteiger partial charge in [0.05, 0.1) is 22.7 Å². The summed E-state index contributed by atoms with van der Waals surface area (Å²) in [6.45, 7) is 5.95. The smallest absolute Gasteiger partial charge is 0.251 e. The van der Waals surface area contributed by atoms with Gasteiger partial charge in [0.25, 0.3) is 5.91 Å². The fourth-order valence-corrected chi connectivity index (χ4v) is 5.02. The van der Waals surface area contributed by atoms with E-state index in [1.54, 1.807) is 12.1 Å². The summed E-state index contributed by atoms with van der Waals surface area (Å²) in [5, 5.41) is 3.40. The van der Waals surface area contributed by atoms with Gasteiger partial charge >= 0.3 is 0 Å². The van der Waals surface area contributed by atoms with Gasteiger partial charge < -0.3 is 15.0 Å². The largest absolute Gasteiger partial charge is 0.490 e. The standard InChI is InChI=1S/C28H36Cl2N2O3/c1-3-4-8-24(35-23-9-6-5-7-10-23)16-20(2)15-21-13-14-32(19-21)27(33)18-31-28(34)22-11-12-25(29)26(30)17-22/h5-7,9-12,17,20-21,24H,3-4,8,13-16,18-19H2,1-2H3,(H,31,34). The molecule has 1 heterocycles. The number of carbonyl (C=O) groups excluding carboxylic acids is 2. The number of halogens is 2. The molecule has 35 heavy (non-hydrogen) atoms. The van der Waals surface area contributed by atoms with Gasteiger partial charge in [-0.3, -0.25) is 9.59 Å². The Balaban J connectivity index is 1.43. The molecule has 2 amide bonds. The van der Waals surface area contributed by atoms with Crippen molar-refractivity contribution in [1.29, 1.82) is 0 Å². The molecule has 7 heteroatoms. The highest BCUT2D eigenvalue weighted by atomic mass is 35.5. The third kappa shape index (κ3) is 8.73. The van der Waals surface area contributed by atoms with Crippen LogP contribution in [-0.4, -0.2) is 42.5 Å². The van der Waals surface area contributed by atoms with Crippen LogP contribution in [0.2, 0.25) is 10.0 Å². The zero-order valence-corrected chi connectivity index (χ0v) is 22.2. The molecule has 1 saturated heterocycles. The maximum Gasteiger partial charge on any atom is 0.251 e. The lowest BCUT2D eigenvalue weighted by Gasteiger charge is -2.24. The summed E-state index contributed by atoms with van der Waals surface area (Å²) in [7, 11) is 0. The van der Waals surface area contributed by atoms with Gasteiger partial charge in [-0.25, -0.2) is 0 Å². The molecule has 0 spiro atoms. The second-order valence-corrected chi connectivity index (χ2v) is 10.4. The maximum absolute atomic E-state index is 12.7. The first kappa shape index (κ1) is 27.3. The second kappa shape index (κ2) is 13.7. The molecule has 2 aromatic carbocycles. The normalized spacial score (nSPS) is 17.1. The first-order valence-electron chi connectivity index (χ1n) is 12.6. The van der Waals surface area contributed by atoms with Crippen molar-refractivity contribution in [2.75, 3.05) is 19.6 Å². The number of benzene rings is 2. The molecule has 0 radical (unpaired) electrons. The minimum Gasteiger partial charge on any atom is -0.490 e. The maximum atomic E-state index is 12.7. The van der Waals surface area contributed by atoms with Crippen LogP contribution >= 0.6 is 23.2 Å². The predicted molar refractivity (Wildman–Crippen MR) is 142 cm³/mol. The van der Waals surface area contributed by atoms with E-state index in [4.69, 9.17) is 27.9 Å². The molecule has 2 aromatic rings. The van der Waals surface area contributed by atoms with Crippen molar-refractivity contribution in [3.8, 4) is 5.75 Å². The summed E-state index contributed by atoms with van der Waals surface area (Å²) in [6.07, 6.45) is 6.66. The number of carbonyl (C=O) groups is 2. The molecule has 3 unspecified atom stereocenters. The van der Waals surface area contributed by atoms with E-state index in [1.807, 2.05) is 35.2 Å². The molecule has 3 rings (SSSR count). The number of ether oxygens (including phenoxy) is 1. The summed E-state index contributed by atoms with van der Waals surface area (Å²) in [5.41, 5.74) is 0.385. The SMILES string of the molecule is CCCCC(CC(C)CC1CCN(C(=O)CNC(=O)c2ccc(Cl)c(Cl)c2)C1)Oc1ccccc1. The summed E-state index contributed by atoms with van der Waals surface area (Å²) in [6, 6.07) is 14.7. The Morgan fingerprint density at radius 3 is 2.63 bits per heavy atom. The monoisotopic (exact) mass is 518 g/mol. The number of hydrogen-bond donors (Lipinski definition) is 1. The molecule has 1 aliphatic heterocycles. The highest BCUT2D eigenvalue weighted by molar-refractivity contribution is 6.42. The quantitative estimate of drug-likeness (QED) is 0.343. The first-order chi connectivity index (χ1) is 16.9. The van der Waals surface area contributed by atoms with Gasteiger partial charge in [-0.15, -0.1) is 0 Å². The zero-order chi connectivity index (χ0) is 25.2. The van der Waals surface area contributed by atoms with Crippen LogP contribution in [-0.2, 0) is 4.79 Å². The van der Waals surface area contributed by atoms with E-state index in [0.29, 0.717) is 27.4 Å². The molecular formula is C28H36Cl2N2O3. The van der Waals surface area contributed by atoms with Crippen molar-refractivity contribution < 1.29 is 14.3 Å². The van der Waals surface area contributed by atoms with E-state index in [-0.39, 0.29) is 24.5 Å². The van der Waals surface area contributed by atoms with Crippen LogP contribution in [0.15, 0.2) is 48.5 Å². The van der Waals surface area contributed by atoms with E-state index < -0.39 is 0 Å². The van der Waals surface area contributed by atoms with Crippen molar-refractivity contribution in [3.63, 3.8) is 0 Å². The Morgan fingerprint density at radius 2 is 1.91 bits per heavy atom. The number of para-hydroxylation sites is 1. The molecule has 0 aliphatic carbocycles. The van der Waals surface area contributed by atoms with Crippen molar-refractivity contribution in [3.05, 3.63) is 64.1 Å². The van der Waals surface area contributed by atoms with Crippen molar-refractivity contribution >= 4 is 35.0 Å². The first-order valence-corrected chi connectivity index (χ1v) is 13.3. The summed E-state index contributed by atoms with van der Waals surface area (Å²) < 4.78 is 6.30. The van der Waals surface area contributed by atoms with Crippen LogP contribution in [0.1, 0.15) is 62.7 Å². The molecule has 3 atom stereocenters. The third-order valence-corrected chi connectivity index (χ3v) is 7.29. The molecule has 1 fully saturated rings. The summed E-state index contributed by atoms with van der Waals surface area (Å²) in [4.78, 5) is 26.9. The minimum atomic E-state index is -0.335. The van der Waals surface area contributed by atoms with Crippen LogP contribution in [0.25, 0.3) is 0 Å². The fourth-order valence-electron chi connectivity index (χ4n) is 4.72. The lowest BCUT2D eigenvalue weighted by molar-refractivity contribution is -0.129. The Hall–Kier alpha value is -2.24. The topological polar surface area (TPSA) is 58.6 Å². The average Bonchev–Trinajstić information content (AvgIpc) is 3.31. The molecule has 1 N–H and O–H groups in total. The van der Waals surface area contributed by atoms with Gasteiger partial charge in [0, 0.05) is 18.7 Å². The van der Waals surface area contributed by atoms with E-state index in [1.165, 1.54) is 6.07 Å². The fraction of sp³-hybridized carbons (Fsp3) is 0.500. The van der Waals surface area contributed by atoms with E-state index >= 15 is 0 Å². The summed E-state index contributed by atoms with van der Waals surface area (Å²) >= 11 is 11.9. The number of amides is 2. The van der Waals surface area contributed by atoms with Crippen LogP contribution in [0, 0.1) is 11.8 Å². The van der Waals surface area contributed by atoms with Crippen LogP contribution in [0.4, 0.5) is 0 Å². The second-order valence-electron chi connectivity index (χ2n) is 9.58. The molecule has 1 aliphatic rings. The highest BCUT2D eigenvalue weighted by Gasteiger charge is 2.28. The Morgan fingerprint density at radius 1 is 1.14 bits per heavy atom. The van der Waals surface area contributed by atoms with E-state index in [9.17, 15) is 9.59 Å². The molecule has 0 saturated carbocycles. The molecular weight excluding hydrogens is 483 g/mol. The molecule has 0 bridgehead atoms. The Bertz CT molecular complexity index is 970. The Kier molecular flexibility index (Phi) is 10.7. The van der Waals surface area contributed by atoms with Crippen LogP contribution < -0.4 is 10.1 Å². The Labute approximate surface area is 219 Å². The van der Waals surface area contributed by atoms with Crippen molar-refractivity contribution in [2.24, 2.45) is 11.8 Å². The summed E-state index contributed by atoms with van der Waals surface area (Å²) in [5.74, 6) is 1.53. The van der Waals surface area contributed by atoms with E-state index in [2.05, 4.69) is 19.2 Å². The van der Waals surface area contributed by atoms with Crippen molar-refractivity contribution in [1.82, 2.24) is 10.2 Å². The van der Waals surface area contributed by atoms with Gasteiger partial charge in [-0.2, -0.15) is 0 Å². The highest BCUT2D eigenvalue weighted by Crippen LogP contribution is 2.28. The number of nitrogens with zero attached hydrogens (tertiary/aromatic N) is 1. The minimum absolute atomic E-state index is 0.0225. The van der Waals surface area contributed by atoms with Gasteiger partial charge in [-0.1, -0.05) is 68.1 Å². The lowest BCUT2D eigenvalue weighted by atomic mass is 9.90. The number of rotatable bonds is 12. The number of likely N-dealkylation sites (tertiary alicyclic amines) is 1. The number of nitrogens with one attached hydrogen (secondary N) is 1. The molecule has 190 valence electrons. The van der Waals surface area contributed by atoms with Crippen LogP contribution in [0.3, 0.4) is 0 Å². The van der Waals surface area contributed by atoms with Gasteiger partial charge in [0.15, 0.2) is 0 Å². The van der Waals surface area contributed by atoms with Gasteiger partial charge in [-0.05, 0) is 67.9 Å². The third-order valence-electron chi connectivity index (χ3n) is 6.55. The number of hydrogen-bond acceptors (Lipinski definition) is 3. The molecule has 0 aromatic heterocycles. The van der Waals surface area contributed by atoms with Gasteiger partial charge in [0.1, 0.15) is 5.75 Å². The van der Waals surface area contributed by atoms with E-state index in [0.717, 1.165) is 57.4 Å². The van der Waals surface area contributed by atoms with Crippen LogP contribution in [0.5, 0.6) is 5.75 Å². The lowest BCUT2D eigenvalue weighted by Crippen LogP contribution is -2.39. The average molecular weight is 520 g/mol. The zero-order valence-electron chi connectivity index (χ0n) is 20.6. The van der Waals surface area contributed by atoms with Crippen molar-refractivity contribution in [2.45, 2.75) is 58.5 Å². The predicted octanol–water partition coefficient (Wildman–Crippen LogP) is 6.63.